The molecule has 0 fully saturated rings. The van der Waals surface area contributed by atoms with Crippen molar-refractivity contribution < 1.29 is 14.3 Å². The topological polar surface area (TPSA) is 43.4 Å². The van der Waals surface area contributed by atoms with Crippen LogP contribution in [0.25, 0.3) is 0 Å². The van der Waals surface area contributed by atoms with Crippen LogP contribution >= 0.6 is 0 Å². The average Bonchev–Trinajstić information content (AvgIpc) is 1.90. The summed E-state index contributed by atoms with van der Waals surface area (Å²) in [6.45, 7) is 6.46. The SMILES string of the molecule is C=COC(C)=O.CCCC=O. The minimum Gasteiger partial charge on any atom is -0.435 e. The van der Waals surface area contributed by atoms with E-state index in [0.717, 1.165) is 19.0 Å². The minimum absolute atomic E-state index is 0.329. The van der Waals surface area contributed by atoms with Crippen LogP contribution in [0, 0.1) is 0 Å². The Bertz CT molecular complexity index is 119. The van der Waals surface area contributed by atoms with Crippen LogP contribution in [-0.4, -0.2) is 12.3 Å². The van der Waals surface area contributed by atoms with Crippen LogP contribution in [0.4, 0.5) is 0 Å². The number of aldehydes is 1. The Labute approximate surface area is 67.0 Å². The average molecular weight is 158 g/mol. The van der Waals surface area contributed by atoms with Gasteiger partial charge in [-0.1, -0.05) is 13.5 Å². The second-order valence-electron chi connectivity index (χ2n) is 1.73. The lowest BCUT2D eigenvalue weighted by Gasteiger charge is -1.83. The molecule has 0 heterocycles. The number of unbranched alkanes of at least 4 members (excludes halogenated alkanes) is 1. The second kappa shape index (κ2) is 11.6. The Morgan fingerprint density at radius 3 is 2.18 bits per heavy atom. The maximum absolute atomic E-state index is 9.75. The summed E-state index contributed by atoms with van der Waals surface area (Å²) in [5, 5.41) is 0. The number of hydrogen-bond donors (Lipinski definition) is 0. The van der Waals surface area contributed by atoms with Crippen molar-refractivity contribution in [1.29, 1.82) is 0 Å². The van der Waals surface area contributed by atoms with Crippen LogP contribution in [0.3, 0.4) is 0 Å². The van der Waals surface area contributed by atoms with Gasteiger partial charge in [-0.25, -0.2) is 0 Å². The summed E-state index contributed by atoms with van der Waals surface area (Å²) < 4.78 is 4.17. The normalized spacial score (nSPS) is 7.09. The van der Waals surface area contributed by atoms with Gasteiger partial charge in [-0.2, -0.15) is 0 Å². The molecule has 0 aromatic heterocycles. The summed E-state index contributed by atoms with van der Waals surface area (Å²) in [5.41, 5.74) is 0. The zero-order valence-corrected chi connectivity index (χ0v) is 7.00. The van der Waals surface area contributed by atoms with E-state index < -0.39 is 0 Å². The number of carbonyl (C=O) groups is 2. The second-order valence-corrected chi connectivity index (χ2v) is 1.73. The van der Waals surface area contributed by atoms with E-state index in [1.165, 1.54) is 6.92 Å². The standard InChI is InChI=1S/C4H6O2.C4H8O/c1-3-6-4(2)5;1-2-3-4-5/h3H,1H2,2H3;4H,2-3H2,1H3. The van der Waals surface area contributed by atoms with Crippen molar-refractivity contribution in [2.24, 2.45) is 0 Å². The molecular formula is C8H14O3. The van der Waals surface area contributed by atoms with Crippen LogP contribution in [0.2, 0.25) is 0 Å². The highest BCUT2D eigenvalue weighted by Gasteiger charge is 1.79. The highest BCUT2D eigenvalue weighted by atomic mass is 16.5. The zero-order valence-electron chi connectivity index (χ0n) is 7.00. The molecule has 0 bridgehead atoms. The third kappa shape index (κ3) is 27.9. The predicted octanol–water partition coefficient (Wildman–Crippen LogP) is 1.68. The van der Waals surface area contributed by atoms with E-state index >= 15 is 0 Å². The molecule has 0 saturated carbocycles. The van der Waals surface area contributed by atoms with E-state index in [1.54, 1.807) is 0 Å². The van der Waals surface area contributed by atoms with Crippen molar-refractivity contribution in [2.45, 2.75) is 26.7 Å². The van der Waals surface area contributed by atoms with Gasteiger partial charge in [-0.3, -0.25) is 4.79 Å². The quantitative estimate of drug-likeness (QED) is 0.356. The molecule has 0 aliphatic heterocycles. The first-order chi connectivity index (χ1) is 5.18. The maximum Gasteiger partial charge on any atom is 0.307 e. The Kier molecular flexibility index (Phi) is 13.3. The van der Waals surface area contributed by atoms with Crippen LogP contribution in [-0.2, 0) is 14.3 Å². The molecule has 0 aliphatic carbocycles. The maximum atomic E-state index is 9.75. The number of hydrogen-bond acceptors (Lipinski definition) is 3. The molecule has 0 amide bonds. The van der Waals surface area contributed by atoms with Crippen molar-refractivity contribution in [2.75, 3.05) is 0 Å². The monoisotopic (exact) mass is 158 g/mol. The molecule has 3 nitrogen and oxygen atoms in total. The Hall–Kier alpha value is -1.12. The summed E-state index contributed by atoms with van der Waals surface area (Å²) in [5.74, 6) is -0.329. The number of ether oxygens (including phenoxy) is 1. The van der Waals surface area contributed by atoms with E-state index in [4.69, 9.17) is 0 Å². The molecule has 0 aliphatic rings. The largest absolute Gasteiger partial charge is 0.435 e. The number of rotatable bonds is 3. The fraction of sp³-hybridized carbons (Fsp3) is 0.500. The molecule has 11 heavy (non-hydrogen) atoms. The van der Waals surface area contributed by atoms with E-state index in [1.807, 2.05) is 6.92 Å². The van der Waals surface area contributed by atoms with Gasteiger partial charge in [0.15, 0.2) is 0 Å². The molecule has 0 atom stereocenters. The lowest BCUT2D eigenvalue weighted by molar-refractivity contribution is -0.135. The molecule has 0 aromatic rings. The van der Waals surface area contributed by atoms with Crippen molar-refractivity contribution in [3.8, 4) is 0 Å². The number of carbonyl (C=O) groups excluding carboxylic acids is 2. The van der Waals surface area contributed by atoms with Crippen LogP contribution in [0.5, 0.6) is 0 Å². The lowest BCUT2D eigenvalue weighted by Crippen LogP contribution is -1.87. The summed E-state index contributed by atoms with van der Waals surface area (Å²) >= 11 is 0. The molecule has 0 radical (unpaired) electrons. The molecule has 0 saturated heterocycles. The fourth-order valence-corrected chi connectivity index (χ4v) is 0.235. The van der Waals surface area contributed by atoms with Gasteiger partial charge in [-0.05, 0) is 6.42 Å². The summed E-state index contributed by atoms with van der Waals surface area (Å²) in [6, 6.07) is 0. The first-order valence-corrected chi connectivity index (χ1v) is 3.40. The summed E-state index contributed by atoms with van der Waals surface area (Å²) in [7, 11) is 0. The highest BCUT2D eigenvalue weighted by Crippen LogP contribution is 1.74. The third-order valence-electron chi connectivity index (χ3n) is 0.656. The molecular weight excluding hydrogens is 144 g/mol. The lowest BCUT2D eigenvalue weighted by atomic mass is 10.4. The van der Waals surface area contributed by atoms with Crippen LogP contribution < -0.4 is 0 Å². The Balaban J connectivity index is 0. The summed E-state index contributed by atoms with van der Waals surface area (Å²) in [4.78, 5) is 19.2. The van der Waals surface area contributed by atoms with Gasteiger partial charge in [-0.15, -0.1) is 0 Å². The van der Waals surface area contributed by atoms with Crippen molar-refractivity contribution in [3.05, 3.63) is 12.8 Å². The van der Waals surface area contributed by atoms with E-state index in [9.17, 15) is 9.59 Å². The van der Waals surface area contributed by atoms with Gasteiger partial charge in [0.2, 0.25) is 0 Å². The van der Waals surface area contributed by atoms with Crippen molar-refractivity contribution in [3.63, 3.8) is 0 Å². The van der Waals surface area contributed by atoms with Gasteiger partial charge in [0.25, 0.3) is 0 Å². The van der Waals surface area contributed by atoms with Gasteiger partial charge in [0.1, 0.15) is 6.29 Å². The molecule has 0 unspecified atom stereocenters. The highest BCUT2D eigenvalue weighted by molar-refractivity contribution is 5.66. The molecule has 0 aromatic carbocycles. The van der Waals surface area contributed by atoms with Crippen molar-refractivity contribution in [1.82, 2.24) is 0 Å². The van der Waals surface area contributed by atoms with Gasteiger partial charge < -0.3 is 9.53 Å². The van der Waals surface area contributed by atoms with Gasteiger partial charge in [0.05, 0.1) is 6.26 Å². The fourth-order valence-electron chi connectivity index (χ4n) is 0.235. The van der Waals surface area contributed by atoms with E-state index in [-0.39, 0.29) is 5.97 Å². The smallest absolute Gasteiger partial charge is 0.307 e. The Morgan fingerprint density at radius 1 is 1.64 bits per heavy atom. The molecule has 0 N–H and O–H groups in total. The molecule has 3 heteroatoms. The van der Waals surface area contributed by atoms with E-state index in [0.29, 0.717) is 6.42 Å². The molecule has 64 valence electrons. The van der Waals surface area contributed by atoms with Crippen LogP contribution in [0.15, 0.2) is 12.8 Å². The first kappa shape index (κ1) is 12.5. The molecule has 0 spiro atoms. The minimum atomic E-state index is -0.329. The predicted molar refractivity (Wildman–Crippen MR) is 42.9 cm³/mol. The zero-order chi connectivity index (χ0) is 9.11. The molecule has 0 rings (SSSR count). The first-order valence-electron chi connectivity index (χ1n) is 3.40. The summed E-state index contributed by atoms with van der Waals surface area (Å²) in [6.07, 6.45) is 3.71. The van der Waals surface area contributed by atoms with Gasteiger partial charge >= 0.3 is 5.97 Å². The van der Waals surface area contributed by atoms with E-state index in [2.05, 4.69) is 11.3 Å². The third-order valence-corrected chi connectivity index (χ3v) is 0.656. The van der Waals surface area contributed by atoms with Gasteiger partial charge in [0, 0.05) is 13.3 Å². The Morgan fingerprint density at radius 2 is 2.18 bits per heavy atom. The van der Waals surface area contributed by atoms with Crippen LogP contribution in [0.1, 0.15) is 26.7 Å². The van der Waals surface area contributed by atoms with Crippen molar-refractivity contribution >= 4 is 12.3 Å². The number of esters is 1.